The van der Waals surface area contributed by atoms with Crippen molar-refractivity contribution in [1.29, 1.82) is 0 Å². The van der Waals surface area contributed by atoms with Crippen LogP contribution in [-0.4, -0.2) is 25.7 Å². The molecule has 0 fully saturated rings. The highest BCUT2D eigenvalue weighted by Crippen LogP contribution is 2.30. The Balaban J connectivity index is 2.46. The van der Waals surface area contributed by atoms with Gasteiger partial charge in [-0.2, -0.15) is 0 Å². The fourth-order valence-corrected chi connectivity index (χ4v) is 2.38. The molecule has 21 heavy (non-hydrogen) atoms. The molecular weight excluding hydrogens is 264 g/mol. The van der Waals surface area contributed by atoms with E-state index in [1.54, 1.807) is 14.2 Å². The summed E-state index contributed by atoms with van der Waals surface area (Å²) >= 11 is 0. The Hall–Kier alpha value is -2.07. The third kappa shape index (κ3) is 3.73. The third-order valence-corrected chi connectivity index (χ3v) is 3.37. The Bertz CT molecular complexity index is 577. The first-order chi connectivity index (χ1) is 10.2. The van der Waals surface area contributed by atoms with E-state index >= 15 is 0 Å². The van der Waals surface area contributed by atoms with Gasteiger partial charge in [0.05, 0.1) is 20.3 Å². The Labute approximate surface area is 126 Å². The van der Waals surface area contributed by atoms with Crippen molar-refractivity contribution in [2.75, 3.05) is 20.8 Å². The second-order valence-corrected chi connectivity index (χ2v) is 4.87. The van der Waals surface area contributed by atoms with Gasteiger partial charge in [0, 0.05) is 18.0 Å². The van der Waals surface area contributed by atoms with E-state index in [1.165, 1.54) is 5.56 Å². The van der Waals surface area contributed by atoms with E-state index in [9.17, 15) is 0 Å². The van der Waals surface area contributed by atoms with Crippen molar-refractivity contribution in [3.05, 3.63) is 53.3 Å². The van der Waals surface area contributed by atoms with Gasteiger partial charge in [-0.1, -0.05) is 6.92 Å². The van der Waals surface area contributed by atoms with E-state index in [1.807, 2.05) is 37.4 Å². The van der Waals surface area contributed by atoms with Crippen LogP contribution in [0.3, 0.4) is 0 Å². The molecule has 0 spiro atoms. The van der Waals surface area contributed by atoms with E-state index in [4.69, 9.17) is 9.47 Å². The molecule has 0 aliphatic carbocycles. The van der Waals surface area contributed by atoms with Crippen molar-refractivity contribution in [2.45, 2.75) is 19.9 Å². The van der Waals surface area contributed by atoms with Crippen LogP contribution >= 0.6 is 0 Å². The number of nitrogens with zero attached hydrogens (tertiary/aromatic N) is 1. The molecule has 0 amide bonds. The summed E-state index contributed by atoms with van der Waals surface area (Å²) in [5.74, 6) is 1.58. The lowest BCUT2D eigenvalue weighted by molar-refractivity contribution is 0.392. The number of rotatable bonds is 6. The molecule has 0 radical (unpaired) electrons. The van der Waals surface area contributed by atoms with Gasteiger partial charge in [0.15, 0.2) is 0 Å². The van der Waals surface area contributed by atoms with Crippen LogP contribution in [0.4, 0.5) is 0 Å². The van der Waals surface area contributed by atoms with Crippen LogP contribution in [0.25, 0.3) is 0 Å². The summed E-state index contributed by atoms with van der Waals surface area (Å²) < 4.78 is 10.7. The van der Waals surface area contributed by atoms with Gasteiger partial charge in [0.2, 0.25) is 0 Å². The van der Waals surface area contributed by atoms with Gasteiger partial charge in [-0.25, -0.2) is 0 Å². The molecule has 1 N–H and O–H groups in total. The van der Waals surface area contributed by atoms with Crippen molar-refractivity contribution in [1.82, 2.24) is 10.3 Å². The van der Waals surface area contributed by atoms with E-state index in [0.717, 1.165) is 29.3 Å². The standard InChI is InChI=1S/C17H22N2O2/c1-5-18-17(13-6-7-19-12(2)8-13)14-9-15(20-3)11-16(10-14)21-4/h6-11,17-18H,5H2,1-4H3. The van der Waals surface area contributed by atoms with Gasteiger partial charge >= 0.3 is 0 Å². The molecule has 1 atom stereocenters. The molecule has 1 aromatic heterocycles. The summed E-state index contributed by atoms with van der Waals surface area (Å²) in [4.78, 5) is 4.27. The Morgan fingerprint density at radius 2 is 1.71 bits per heavy atom. The van der Waals surface area contributed by atoms with Gasteiger partial charge < -0.3 is 14.8 Å². The number of aromatic nitrogens is 1. The van der Waals surface area contributed by atoms with Crippen LogP contribution in [0.2, 0.25) is 0 Å². The number of hydrogen-bond acceptors (Lipinski definition) is 4. The molecule has 2 rings (SSSR count). The zero-order chi connectivity index (χ0) is 15.2. The lowest BCUT2D eigenvalue weighted by Gasteiger charge is -2.20. The predicted octanol–water partition coefficient (Wildman–Crippen LogP) is 3.11. The number of pyridine rings is 1. The maximum absolute atomic E-state index is 5.37. The summed E-state index contributed by atoms with van der Waals surface area (Å²) in [6.07, 6.45) is 1.84. The number of benzene rings is 1. The zero-order valence-electron chi connectivity index (χ0n) is 13.0. The van der Waals surface area contributed by atoms with Crippen LogP contribution in [0.1, 0.15) is 29.8 Å². The lowest BCUT2D eigenvalue weighted by Crippen LogP contribution is -2.22. The smallest absolute Gasteiger partial charge is 0.122 e. The quantitative estimate of drug-likeness (QED) is 0.886. The largest absolute Gasteiger partial charge is 0.497 e. The van der Waals surface area contributed by atoms with Crippen molar-refractivity contribution in [3.63, 3.8) is 0 Å². The first-order valence-corrected chi connectivity index (χ1v) is 7.06. The molecule has 1 unspecified atom stereocenters. The summed E-state index contributed by atoms with van der Waals surface area (Å²) in [7, 11) is 3.33. The Kier molecular flexibility index (Phi) is 5.17. The van der Waals surface area contributed by atoms with Gasteiger partial charge in [-0.15, -0.1) is 0 Å². The SMILES string of the molecule is CCNC(c1cc(OC)cc(OC)c1)c1ccnc(C)c1. The minimum atomic E-state index is 0.0840. The molecule has 0 aliphatic rings. The predicted molar refractivity (Wildman–Crippen MR) is 84.0 cm³/mol. The van der Waals surface area contributed by atoms with E-state index in [0.29, 0.717) is 0 Å². The van der Waals surface area contributed by atoms with Crippen LogP contribution in [0, 0.1) is 6.92 Å². The maximum atomic E-state index is 5.37. The minimum Gasteiger partial charge on any atom is -0.497 e. The number of nitrogens with one attached hydrogen (secondary N) is 1. The van der Waals surface area contributed by atoms with Gasteiger partial charge in [-0.3, -0.25) is 4.98 Å². The van der Waals surface area contributed by atoms with Crippen molar-refractivity contribution >= 4 is 0 Å². The molecule has 4 nitrogen and oxygen atoms in total. The van der Waals surface area contributed by atoms with Gasteiger partial charge in [-0.05, 0) is 48.9 Å². The first-order valence-electron chi connectivity index (χ1n) is 7.06. The summed E-state index contributed by atoms with van der Waals surface area (Å²) in [5.41, 5.74) is 3.29. The summed E-state index contributed by atoms with van der Waals surface area (Å²) in [6, 6.07) is 10.2. The molecule has 0 bridgehead atoms. The van der Waals surface area contributed by atoms with Crippen molar-refractivity contribution in [3.8, 4) is 11.5 Å². The molecule has 0 saturated carbocycles. The molecule has 112 valence electrons. The molecule has 2 aromatic rings. The van der Waals surface area contributed by atoms with Crippen LogP contribution in [0.15, 0.2) is 36.5 Å². The highest BCUT2D eigenvalue weighted by atomic mass is 16.5. The second kappa shape index (κ2) is 7.09. The fourth-order valence-electron chi connectivity index (χ4n) is 2.38. The third-order valence-electron chi connectivity index (χ3n) is 3.37. The van der Waals surface area contributed by atoms with E-state index in [2.05, 4.69) is 23.3 Å². The number of ether oxygens (including phenoxy) is 2. The highest BCUT2D eigenvalue weighted by Gasteiger charge is 2.15. The van der Waals surface area contributed by atoms with Crippen LogP contribution in [0.5, 0.6) is 11.5 Å². The zero-order valence-corrected chi connectivity index (χ0v) is 13.0. The highest BCUT2D eigenvalue weighted by molar-refractivity contribution is 5.43. The number of methoxy groups -OCH3 is 2. The fraction of sp³-hybridized carbons (Fsp3) is 0.353. The average molecular weight is 286 g/mol. The summed E-state index contributed by atoms with van der Waals surface area (Å²) in [6.45, 7) is 4.96. The molecular formula is C17H22N2O2. The topological polar surface area (TPSA) is 43.4 Å². The monoisotopic (exact) mass is 286 g/mol. The van der Waals surface area contributed by atoms with Crippen LogP contribution in [-0.2, 0) is 0 Å². The van der Waals surface area contributed by atoms with Gasteiger partial charge in [0.1, 0.15) is 11.5 Å². The molecule has 4 heteroatoms. The number of hydrogen-bond donors (Lipinski definition) is 1. The van der Waals surface area contributed by atoms with Crippen LogP contribution < -0.4 is 14.8 Å². The van der Waals surface area contributed by atoms with Crippen molar-refractivity contribution < 1.29 is 9.47 Å². The second-order valence-electron chi connectivity index (χ2n) is 4.87. The van der Waals surface area contributed by atoms with Crippen molar-refractivity contribution in [2.24, 2.45) is 0 Å². The van der Waals surface area contributed by atoms with E-state index in [-0.39, 0.29) is 6.04 Å². The maximum Gasteiger partial charge on any atom is 0.122 e. The minimum absolute atomic E-state index is 0.0840. The summed E-state index contributed by atoms with van der Waals surface area (Å²) in [5, 5.41) is 3.51. The molecule has 0 aliphatic heterocycles. The first kappa shape index (κ1) is 15.3. The Morgan fingerprint density at radius 3 is 2.24 bits per heavy atom. The molecule has 1 aromatic carbocycles. The average Bonchev–Trinajstić information content (AvgIpc) is 2.52. The molecule has 0 saturated heterocycles. The number of aryl methyl sites for hydroxylation is 1. The lowest BCUT2D eigenvalue weighted by atomic mass is 9.98. The van der Waals surface area contributed by atoms with Gasteiger partial charge in [0.25, 0.3) is 0 Å². The van der Waals surface area contributed by atoms with E-state index < -0.39 is 0 Å². The Morgan fingerprint density at radius 1 is 1.05 bits per heavy atom. The molecule has 1 heterocycles. The normalized spacial score (nSPS) is 12.0.